The van der Waals surface area contributed by atoms with E-state index in [4.69, 9.17) is 0 Å². The Morgan fingerprint density at radius 2 is 1.89 bits per heavy atom. The second-order valence-electron chi connectivity index (χ2n) is 7.87. The number of piperidine rings is 1. The average Bonchev–Trinajstić information content (AvgIpc) is 2.82. The number of carbonyl (C=O) groups excluding carboxylic acids is 2. The number of hydrogen-bond donors (Lipinski definition) is 0. The summed E-state index contributed by atoms with van der Waals surface area (Å²) in [5, 5.41) is 4.52. The van der Waals surface area contributed by atoms with Crippen LogP contribution in [-0.4, -0.2) is 57.1 Å². The van der Waals surface area contributed by atoms with E-state index in [0.717, 1.165) is 43.0 Å². The summed E-state index contributed by atoms with van der Waals surface area (Å²) in [7, 11) is 0. The van der Waals surface area contributed by atoms with Gasteiger partial charge in [0.25, 0.3) is 5.91 Å². The Bertz CT molecular complexity index is 888. The van der Waals surface area contributed by atoms with E-state index in [0.29, 0.717) is 18.0 Å². The SMILES string of the molecule is CC(=O)N1C[C@H]2CC[C@@H](C1)N(C(=O)c1cccc(-n3nc(C)cc3C)c1)C2. The molecule has 2 bridgehead atoms. The van der Waals surface area contributed by atoms with Gasteiger partial charge in [0.1, 0.15) is 0 Å². The summed E-state index contributed by atoms with van der Waals surface area (Å²) < 4.78 is 1.87. The molecule has 0 unspecified atom stereocenters. The largest absolute Gasteiger partial charge is 0.341 e. The summed E-state index contributed by atoms with van der Waals surface area (Å²) >= 11 is 0. The third kappa shape index (κ3) is 3.36. The monoisotopic (exact) mass is 366 g/mol. The lowest BCUT2D eigenvalue weighted by Gasteiger charge is -2.36. The molecule has 1 aromatic carbocycles. The quantitative estimate of drug-likeness (QED) is 0.821. The molecule has 27 heavy (non-hydrogen) atoms. The van der Waals surface area contributed by atoms with Crippen LogP contribution in [0.2, 0.25) is 0 Å². The third-order valence-corrected chi connectivity index (χ3v) is 5.77. The van der Waals surface area contributed by atoms with Gasteiger partial charge in [0.15, 0.2) is 0 Å². The van der Waals surface area contributed by atoms with Crippen LogP contribution in [0.15, 0.2) is 30.3 Å². The van der Waals surface area contributed by atoms with Gasteiger partial charge in [-0.25, -0.2) is 4.68 Å². The Balaban J connectivity index is 1.61. The summed E-state index contributed by atoms with van der Waals surface area (Å²) in [5.74, 6) is 0.530. The van der Waals surface area contributed by atoms with Gasteiger partial charge in [-0.3, -0.25) is 9.59 Å². The minimum atomic E-state index is 0.0542. The lowest BCUT2D eigenvalue weighted by Crippen LogP contribution is -2.47. The molecule has 6 nitrogen and oxygen atoms in total. The topological polar surface area (TPSA) is 58.4 Å². The molecule has 0 saturated carbocycles. The first-order valence-corrected chi connectivity index (χ1v) is 9.62. The first-order chi connectivity index (χ1) is 12.9. The van der Waals surface area contributed by atoms with Crippen LogP contribution in [0.4, 0.5) is 0 Å². The minimum Gasteiger partial charge on any atom is -0.341 e. The molecule has 1 aromatic heterocycles. The van der Waals surface area contributed by atoms with Gasteiger partial charge in [0, 0.05) is 43.9 Å². The van der Waals surface area contributed by atoms with Crippen LogP contribution in [0, 0.1) is 19.8 Å². The van der Waals surface area contributed by atoms with Crippen molar-refractivity contribution in [1.82, 2.24) is 19.6 Å². The predicted molar refractivity (Wildman–Crippen MR) is 103 cm³/mol. The van der Waals surface area contributed by atoms with Crippen LogP contribution in [0.25, 0.3) is 5.69 Å². The third-order valence-electron chi connectivity index (χ3n) is 5.77. The van der Waals surface area contributed by atoms with Crippen molar-refractivity contribution in [3.63, 3.8) is 0 Å². The van der Waals surface area contributed by atoms with E-state index in [-0.39, 0.29) is 17.9 Å². The molecule has 3 fully saturated rings. The normalized spacial score (nSPS) is 22.0. The molecular weight excluding hydrogens is 340 g/mol. The fourth-order valence-electron chi connectivity index (χ4n) is 4.41. The highest BCUT2D eigenvalue weighted by atomic mass is 16.2. The van der Waals surface area contributed by atoms with Crippen molar-refractivity contribution in [1.29, 1.82) is 0 Å². The molecule has 0 aliphatic carbocycles. The minimum absolute atomic E-state index is 0.0542. The highest BCUT2D eigenvalue weighted by Crippen LogP contribution is 2.29. The molecule has 5 rings (SSSR count). The van der Waals surface area contributed by atoms with Gasteiger partial charge in [0.05, 0.1) is 11.4 Å². The molecule has 0 spiro atoms. The van der Waals surface area contributed by atoms with Crippen molar-refractivity contribution in [2.45, 2.75) is 39.7 Å². The molecular formula is C21H26N4O2. The molecule has 6 heteroatoms. The van der Waals surface area contributed by atoms with Crippen LogP contribution >= 0.6 is 0 Å². The Morgan fingerprint density at radius 3 is 2.59 bits per heavy atom. The van der Waals surface area contributed by atoms with Gasteiger partial charge in [-0.05, 0) is 56.9 Å². The summed E-state index contributed by atoms with van der Waals surface area (Å²) in [5.41, 5.74) is 3.58. The molecule has 2 atom stereocenters. The fraction of sp³-hybridized carbons (Fsp3) is 0.476. The number of aromatic nitrogens is 2. The van der Waals surface area contributed by atoms with Crippen LogP contribution < -0.4 is 0 Å². The second kappa shape index (κ2) is 6.83. The van der Waals surface area contributed by atoms with E-state index in [9.17, 15) is 9.59 Å². The van der Waals surface area contributed by atoms with Crippen molar-refractivity contribution in [3.8, 4) is 5.69 Å². The van der Waals surface area contributed by atoms with Gasteiger partial charge in [-0.1, -0.05) is 6.07 Å². The standard InChI is InChI=1S/C21H26N4O2/c1-14-9-15(2)25(22-14)19-6-4-5-18(10-19)21(27)24-12-17-7-8-20(24)13-23(11-17)16(3)26/h4-6,9-10,17,20H,7-8,11-13H2,1-3H3/t17-,20+/m1/s1. The lowest BCUT2D eigenvalue weighted by molar-refractivity contribution is -0.129. The number of carbonyl (C=O) groups is 2. The van der Waals surface area contributed by atoms with Crippen molar-refractivity contribution in [2.75, 3.05) is 19.6 Å². The molecule has 0 N–H and O–H groups in total. The van der Waals surface area contributed by atoms with E-state index in [1.165, 1.54) is 0 Å². The number of nitrogens with zero attached hydrogens (tertiary/aromatic N) is 4. The van der Waals surface area contributed by atoms with Crippen LogP contribution in [0.5, 0.6) is 0 Å². The smallest absolute Gasteiger partial charge is 0.254 e. The summed E-state index contributed by atoms with van der Waals surface area (Å²) in [6, 6.07) is 9.82. The predicted octanol–water partition coefficient (Wildman–Crippen LogP) is 2.57. The summed E-state index contributed by atoms with van der Waals surface area (Å²) in [6.45, 7) is 7.74. The first kappa shape index (κ1) is 17.8. The van der Waals surface area contributed by atoms with E-state index >= 15 is 0 Å². The van der Waals surface area contributed by atoms with Crippen LogP contribution in [-0.2, 0) is 4.79 Å². The van der Waals surface area contributed by atoms with Crippen molar-refractivity contribution in [3.05, 3.63) is 47.3 Å². The Labute approximate surface area is 159 Å². The maximum absolute atomic E-state index is 13.3. The molecule has 3 aliphatic rings. The van der Waals surface area contributed by atoms with Gasteiger partial charge in [-0.2, -0.15) is 5.10 Å². The van der Waals surface area contributed by atoms with Gasteiger partial charge < -0.3 is 9.80 Å². The number of hydrogen-bond acceptors (Lipinski definition) is 3. The number of rotatable bonds is 2. The first-order valence-electron chi connectivity index (χ1n) is 9.62. The molecule has 142 valence electrons. The number of aryl methyl sites for hydroxylation is 2. The van der Waals surface area contributed by atoms with Crippen LogP contribution in [0.1, 0.15) is 41.5 Å². The van der Waals surface area contributed by atoms with E-state index in [1.54, 1.807) is 6.92 Å². The van der Waals surface area contributed by atoms with E-state index in [2.05, 4.69) is 5.10 Å². The van der Waals surface area contributed by atoms with E-state index < -0.39 is 0 Å². The number of fused-ring (bicyclic) bond motifs is 4. The maximum Gasteiger partial charge on any atom is 0.254 e. The fourth-order valence-corrected chi connectivity index (χ4v) is 4.41. The number of benzene rings is 1. The molecule has 2 aromatic rings. The highest BCUT2D eigenvalue weighted by Gasteiger charge is 2.38. The summed E-state index contributed by atoms with van der Waals surface area (Å²) in [4.78, 5) is 29.0. The van der Waals surface area contributed by atoms with Crippen molar-refractivity contribution in [2.24, 2.45) is 5.92 Å². The maximum atomic E-state index is 13.3. The lowest BCUT2D eigenvalue weighted by atomic mass is 9.94. The summed E-state index contributed by atoms with van der Waals surface area (Å²) in [6.07, 6.45) is 2.06. The van der Waals surface area contributed by atoms with Gasteiger partial charge in [0.2, 0.25) is 5.91 Å². The van der Waals surface area contributed by atoms with Crippen LogP contribution in [0.3, 0.4) is 0 Å². The molecule has 0 radical (unpaired) electrons. The number of amides is 2. The van der Waals surface area contributed by atoms with Crippen molar-refractivity contribution >= 4 is 11.8 Å². The molecule has 2 amide bonds. The van der Waals surface area contributed by atoms with Gasteiger partial charge >= 0.3 is 0 Å². The zero-order chi connectivity index (χ0) is 19.1. The van der Waals surface area contributed by atoms with E-state index in [1.807, 2.05) is 58.7 Å². The molecule has 3 saturated heterocycles. The average molecular weight is 366 g/mol. The Kier molecular flexibility index (Phi) is 4.50. The van der Waals surface area contributed by atoms with Gasteiger partial charge in [-0.15, -0.1) is 0 Å². The Morgan fingerprint density at radius 1 is 1.07 bits per heavy atom. The zero-order valence-corrected chi connectivity index (χ0v) is 16.2. The van der Waals surface area contributed by atoms with Crippen molar-refractivity contribution < 1.29 is 9.59 Å². The Hall–Kier alpha value is -2.63. The molecule has 3 aliphatic heterocycles. The highest BCUT2D eigenvalue weighted by molar-refractivity contribution is 5.95. The zero-order valence-electron chi connectivity index (χ0n) is 16.2. The second-order valence-corrected chi connectivity index (χ2v) is 7.87. The molecule has 4 heterocycles.